The number of amides is 2. The first-order valence-corrected chi connectivity index (χ1v) is 10.8. The van der Waals surface area contributed by atoms with Gasteiger partial charge < -0.3 is 10.2 Å². The van der Waals surface area contributed by atoms with Gasteiger partial charge in [0.2, 0.25) is 16.9 Å². The monoisotopic (exact) mass is 428 g/mol. The Morgan fingerprint density at radius 3 is 2.83 bits per heavy atom. The Hall–Kier alpha value is -2.78. The molecule has 29 heavy (non-hydrogen) atoms. The average Bonchev–Trinajstić information content (AvgIpc) is 3.33. The highest BCUT2D eigenvalue weighted by molar-refractivity contribution is 8.00. The highest BCUT2D eigenvalue weighted by Gasteiger charge is 2.35. The second-order valence-electron chi connectivity index (χ2n) is 6.52. The lowest BCUT2D eigenvalue weighted by Crippen LogP contribution is -2.28. The van der Waals surface area contributed by atoms with Crippen LogP contribution in [0.1, 0.15) is 12.0 Å². The van der Waals surface area contributed by atoms with Crippen LogP contribution in [-0.2, 0) is 15.3 Å². The van der Waals surface area contributed by atoms with Gasteiger partial charge in [0.25, 0.3) is 0 Å². The van der Waals surface area contributed by atoms with E-state index in [9.17, 15) is 14.0 Å². The molecule has 1 saturated heterocycles. The minimum absolute atomic E-state index is 0.0695. The fourth-order valence-corrected chi connectivity index (χ4v) is 4.74. The normalized spacial score (nSPS) is 16.2. The predicted octanol–water partition coefficient (Wildman–Crippen LogP) is 3.96. The van der Waals surface area contributed by atoms with Crippen molar-refractivity contribution in [1.82, 2.24) is 10.2 Å². The summed E-state index contributed by atoms with van der Waals surface area (Å²) in [7, 11) is 0. The molecule has 3 aromatic rings. The molecule has 1 atom stereocenters. The van der Waals surface area contributed by atoms with Crippen molar-refractivity contribution in [1.29, 1.82) is 0 Å². The summed E-state index contributed by atoms with van der Waals surface area (Å²) in [6.07, 6.45) is 0.167. The molecule has 0 radical (unpaired) electrons. The first-order chi connectivity index (χ1) is 14.1. The lowest BCUT2D eigenvalue weighted by molar-refractivity contribution is -0.122. The number of para-hydroxylation sites is 1. The number of thioether (sulfide) groups is 1. The van der Waals surface area contributed by atoms with Crippen LogP contribution in [0.4, 0.5) is 15.2 Å². The molecule has 0 bridgehead atoms. The molecular weight excluding hydrogens is 411 g/mol. The average molecular weight is 429 g/mol. The van der Waals surface area contributed by atoms with E-state index < -0.39 is 5.92 Å². The van der Waals surface area contributed by atoms with Gasteiger partial charge in [-0.1, -0.05) is 53.4 Å². The molecule has 1 aliphatic rings. The zero-order chi connectivity index (χ0) is 20.2. The maximum Gasteiger partial charge on any atom is 0.231 e. The molecule has 4 rings (SSSR count). The standard InChI is InChI=1S/C20H17FN4O2S2/c21-15-6-4-5-13(9-15)12-28-20-24-23-19(29-20)22-18(27)14-10-17(26)25(11-14)16-7-2-1-3-8-16/h1-9,14H,10-12H2,(H,22,23,27)/t14-/m1/s1. The first kappa shape index (κ1) is 19.5. The maximum atomic E-state index is 13.2. The van der Waals surface area contributed by atoms with Crippen LogP contribution in [0, 0.1) is 11.7 Å². The van der Waals surface area contributed by atoms with E-state index in [1.54, 1.807) is 11.0 Å². The van der Waals surface area contributed by atoms with Gasteiger partial charge in [-0.15, -0.1) is 10.2 Å². The Bertz CT molecular complexity index is 1030. The van der Waals surface area contributed by atoms with Gasteiger partial charge in [-0.25, -0.2) is 4.39 Å². The third-order valence-electron chi connectivity index (χ3n) is 4.45. The van der Waals surface area contributed by atoms with Crippen molar-refractivity contribution in [2.45, 2.75) is 16.5 Å². The van der Waals surface area contributed by atoms with Crippen molar-refractivity contribution in [3.05, 3.63) is 66.0 Å². The number of nitrogens with one attached hydrogen (secondary N) is 1. The van der Waals surface area contributed by atoms with Crippen molar-refractivity contribution in [3.63, 3.8) is 0 Å². The van der Waals surface area contributed by atoms with E-state index in [0.717, 1.165) is 11.3 Å². The first-order valence-electron chi connectivity index (χ1n) is 8.95. The summed E-state index contributed by atoms with van der Waals surface area (Å²) in [4.78, 5) is 26.5. The number of carbonyl (C=O) groups excluding carboxylic acids is 2. The van der Waals surface area contributed by atoms with Gasteiger partial charge >= 0.3 is 0 Å². The van der Waals surface area contributed by atoms with Crippen LogP contribution in [0.15, 0.2) is 58.9 Å². The molecule has 0 unspecified atom stereocenters. The highest BCUT2D eigenvalue weighted by Crippen LogP contribution is 2.30. The summed E-state index contributed by atoms with van der Waals surface area (Å²) in [5.41, 5.74) is 1.64. The molecule has 2 amide bonds. The number of halogens is 1. The molecular formula is C20H17FN4O2S2. The highest BCUT2D eigenvalue weighted by atomic mass is 32.2. The van der Waals surface area contributed by atoms with E-state index in [4.69, 9.17) is 0 Å². The fraction of sp³-hybridized carbons (Fsp3) is 0.200. The molecule has 0 saturated carbocycles. The summed E-state index contributed by atoms with van der Waals surface area (Å²) in [5.74, 6) is -0.461. The molecule has 148 valence electrons. The largest absolute Gasteiger partial charge is 0.312 e. The minimum Gasteiger partial charge on any atom is -0.312 e. The Kier molecular flexibility index (Phi) is 5.86. The molecule has 1 fully saturated rings. The fourth-order valence-electron chi connectivity index (χ4n) is 3.04. The van der Waals surface area contributed by atoms with E-state index >= 15 is 0 Å². The molecule has 1 N–H and O–H groups in total. The van der Waals surface area contributed by atoms with E-state index in [2.05, 4.69) is 15.5 Å². The van der Waals surface area contributed by atoms with E-state index in [1.165, 1.54) is 35.2 Å². The van der Waals surface area contributed by atoms with Crippen molar-refractivity contribution in [3.8, 4) is 0 Å². The summed E-state index contributed by atoms with van der Waals surface area (Å²) >= 11 is 2.68. The Labute approximate surface area is 175 Å². The lowest BCUT2D eigenvalue weighted by atomic mass is 10.1. The molecule has 1 aliphatic heterocycles. The molecule has 2 heterocycles. The second kappa shape index (κ2) is 8.71. The SMILES string of the molecule is O=C(Nc1nnc(SCc2cccc(F)c2)s1)[C@@H]1CC(=O)N(c2ccccc2)C1. The zero-order valence-corrected chi connectivity index (χ0v) is 16.9. The van der Waals surface area contributed by atoms with E-state index in [-0.39, 0.29) is 24.1 Å². The van der Waals surface area contributed by atoms with Crippen molar-refractivity contribution in [2.24, 2.45) is 5.92 Å². The Balaban J connectivity index is 1.33. The lowest BCUT2D eigenvalue weighted by Gasteiger charge is -2.16. The topological polar surface area (TPSA) is 75.2 Å². The molecule has 6 nitrogen and oxygen atoms in total. The molecule has 2 aromatic carbocycles. The zero-order valence-electron chi connectivity index (χ0n) is 15.2. The van der Waals surface area contributed by atoms with Crippen LogP contribution in [-0.4, -0.2) is 28.6 Å². The quantitative estimate of drug-likeness (QED) is 0.475. The Morgan fingerprint density at radius 1 is 1.21 bits per heavy atom. The minimum atomic E-state index is -0.435. The van der Waals surface area contributed by atoms with Crippen LogP contribution in [0.3, 0.4) is 0 Å². The number of carbonyl (C=O) groups is 2. The summed E-state index contributed by atoms with van der Waals surface area (Å²) in [6.45, 7) is 0.342. The van der Waals surface area contributed by atoms with E-state index in [1.807, 2.05) is 36.4 Å². The Morgan fingerprint density at radius 2 is 2.03 bits per heavy atom. The van der Waals surface area contributed by atoms with Crippen LogP contribution in [0.5, 0.6) is 0 Å². The van der Waals surface area contributed by atoms with Gasteiger partial charge in [0.15, 0.2) is 4.34 Å². The van der Waals surface area contributed by atoms with Gasteiger partial charge in [-0.05, 0) is 29.8 Å². The summed E-state index contributed by atoms with van der Waals surface area (Å²) in [5, 5.41) is 11.2. The third kappa shape index (κ3) is 4.80. The van der Waals surface area contributed by atoms with E-state index in [0.29, 0.717) is 21.8 Å². The van der Waals surface area contributed by atoms with Crippen LogP contribution in [0.2, 0.25) is 0 Å². The second-order valence-corrected chi connectivity index (χ2v) is 8.72. The van der Waals surface area contributed by atoms with Gasteiger partial charge in [0.1, 0.15) is 5.82 Å². The maximum absolute atomic E-state index is 13.2. The molecule has 9 heteroatoms. The van der Waals surface area contributed by atoms with Crippen LogP contribution < -0.4 is 10.2 Å². The number of hydrogen-bond acceptors (Lipinski definition) is 6. The number of benzene rings is 2. The third-order valence-corrected chi connectivity index (χ3v) is 6.49. The van der Waals surface area contributed by atoms with Crippen molar-refractivity contribution >= 4 is 45.7 Å². The van der Waals surface area contributed by atoms with Crippen molar-refractivity contribution < 1.29 is 14.0 Å². The number of hydrogen-bond donors (Lipinski definition) is 1. The van der Waals surface area contributed by atoms with Crippen LogP contribution >= 0.6 is 23.1 Å². The van der Waals surface area contributed by atoms with Gasteiger partial charge in [0, 0.05) is 24.4 Å². The van der Waals surface area contributed by atoms with Gasteiger partial charge in [-0.2, -0.15) is 0 Å². The number of nitrogens with zero attached hydrogens (tertiary/aromatic N) is 3. The number of anilines is 2. The van der Waals surface area contributed by atoms with Gasteiger partial charge in [0.05, 0.1) is 5.92 Å². The van der Waals surface area contributed by atoms with Crippen molar-refractivity contribution in [2.75, 3.05) is 16.8 Å². The summed E-state index contributed by atoms with van der Waals surface area (Å²) < 4.78 is 13.9. The molecule has 0 aliphatic carbocycles. The van der Waals surface area contributed by atoms with Gasteiger partial charge in [-0.3, -0.25) is 9.59 Å². The summed E-state index contributed by atoms with van der Waals surface area (Å²) in [6, 6.07) is 15.7. The number of aromatic nitrogens is 2. The predicted molar refractivity (Wildman–Crippen MR) is 111 cm³/mol. The molecule has 0 spiro atoms. The number of rotatable bonds is 6. The van der Waals surface area contributed by atoms with Crippen LogP contribution in [0.25, 0.3) is 0 Å². The molecule has 1 aromatic heterocycles. The smallest absolute Gasteiger partial charge is 0.231 e.